The third kappa shape index (κ3) is 1.37. The molecule has 0 radical (unpaired) electrons. The van der Waals surface area contributed by atoms with Crippen LogP contribution >= 0.6 is 0 Å². The summed E-state index contributed by atoms with van der Waals surface area (Å²) in [6.45, 7) is 3.18. The molecule has 1 rings (SSSR count). The molecule has 0 aliphatic carbocycles. The SMILES string of the molecule is C/C=c1\oc(=O)/c(=C/C)oc1=O. The van der Waals surface area contributed by atoms with Crippen molar-refractivity contribution in [2.45, 2.75) is 13.8 Å². The van der Waals surface area contributed by atoms with E-state index >= 15 is 0 Å². The van der Waals surface area contributed by atoms with Crippen LogP contribution in [0.25, 0.3) is 12.2 Å². The summed E-state index contributed by atoms with van der Waals surface area (Å²) < 4.78 is 9.26. The van der Waals surface area contributed by atoms with Gasteiger partial charge in [-0.1, -0.05) is 0 Å². The minimum Gasteiger partial charge on any atom is -0.413 e. The van der Waals surface area contributed by atoms with Gasteiger partial charge in [0.1, 0.15) is 0 Å². The monoisotopic (exact) mass is 168 g/mol. The molecule has 4 heteroatoms. The van der Waals surface area contributed by atoms with Crippen molar-refractivity contribution in [3.63, 3.8) is 0 Å². The van der Waals surface area contributed by atoms with Crippen LogP contribution in [0.3, 0.4) is 0 Å². The summed E-state index contributed by atoms with van der Waals surface area (Å²) >= 11 is 0. The van der Waals surface area contributed by atoms with E-state index in [1.54, 1.807) is 13.8 Å². The number of rotatable bonds is 0. The Morgan fingerprint density at radius 1 is 0.917 bits per heavy atom. The average molecular weight is 168 g/mol. The van der Waals surface area contributed by atoms with E-state index in [1.165, 1.54) is 12.2 Å². The van der Waals surface area contributed by atoms with Crippen LogP contribution in [-0.4, -0.2) is 0 Å². The maximum atomic E-state index is 10.9. The minimum absolute atomic E-state index is 0.0643. The van der Waals surface area contributed by atoms with Crippen molar-refractivity contribution >= 4 is 12.2 Å². The van der Waals surface area contributed by atoms with Crippen LogP contribution < -0.4 is 22.1 Å². The Bertz CT molecular complexity index is 441. The molecule has 1 aromatic heterocycles. The third-order valence-corrected chi connectivity index (χ3v) is 1.33. The summed E-state index contributed by atoms with van der Waals surface area (Å²) in [4.78, 5) is 21.9. The van der Waals surface area contributed by atoms with Crippen molar-refractivity contribution in [1.82, 2.24) is 0 Å². The fourth-order valence-corrected chi connectivity index (χ4v) is 0.737. The van der Waals surface area contributed by atoms with Crippen LogP contribution in [0.4, 0.5) is 0 Å². The first kappa shape index (κ1) is 8.52. The highest BCUT2D eigenvalue weighted by atomic mass is 16.5. The van der Waals surface area contributed by atoms with Crippen LogP contribution in [0.15, 0.2) is 18.4 Å². The van der Waals surface area contributed by atoms with Gasteiger partial charge < -0.3 is 8.83 Å². The van der Waals surface area contributed by atoms with Gasteiger partial charge in [-0.3, -0.25) is 0 Å². The maximum Gasteiger partial charge on any atom is 0.379 e. The lowest BCUT2D eigenvalue weighted by atomic mass is 10.5. The van der Waals surface area contributed by atoms with Crippen molar-refractivity contribution in [3.8, 4) is 0 Å². The fraction of sp³-hybridized carbons (Fsp3) is 0.250. The second-order valence-electron chi connectivity index (χ2n) is 2.08. The molecule has 1 heterocycles. The normalized spacial score (nSPS) is 13.8. The first-order valence-electron chi connectivity index (χ1n) is 3.46. The minimum atomic E-state index is -0.634. The van der Waals surface area contributed by atoms with E-state index in [0.717, 1.165) is 0 Å². The zero-order valence-corrected chi connectivity index (χ0v) is 6.79. The topological polar surface area (TPSA) is 60.4 Å². The quantitative estimate of drug-likeness (QED) is 0.508. The molecule has 0 amide bonds. The maximum absolute atomic E-state index is 10.9. The van der Waals surface area contributed by atoms with Gasteiger partial charge in [-0.25, -0.2) is 9.59 Å². The lowest BCUT2D eigenvalue weighted by Crippen LogP contribution is -2.37. The Morgan fingerprint density at radius 2 is 1.25 bits per heavy atom. The smallest absolute Gasteiger partial charge is 0.379 e. The number of hydrogen-bond acceptors (Lipinski definition) is 4. The van der Waals surface area contributed by atoms with Crippen molar-refractivity contribution < 1.29 is 8.83 Å². The van der Waals surface area contributed by atoms with Crippen LogP contribution in [0, 0.1) is 0 Å². The lowest BCUT2D eigenvalue weighted by Gasteiger charge is -1.83. The summed E-state index contributed by atoms with van der Waals surface area (Å²) in [6.07, 6.45) is 2.76. The van der Waals surface area contributed by atoms with Crippen LogP contribution in [-0.2, 0) is 0 Å². The highest BCUT2D eigenvalue weighted by Gasteiger charge is 1.96. The van der Waals surface area contributed by atoms with E-state index in [0.29, 0.717) is 0 Å². The van der Waals surface area contributed by atoms with Gasteiger partial charge in [-0.2, -0.15) is 0 Å². The lowest BCUT2D eigenvalue weighted by molar-refractivity contribution is 0.345. The van der Waals surface area contributed by atoms with Gasteiger partial charge in [0.05, 0.1) is 0 Å². The van der Waals surface area contributed by atoms with Gasteiger partial charge in [0.15, 0.2) is 0 Å². The van der Waals surface area contributed by atoms with Gasteiger partial charge in [0.25, 0.3) is 0 Å². The second kappa shape index (κ2) is 3.21. The molecule has 0 bridgehead atoms. The molecular formula is C8H8O4. The second-order valence-corrected chi connectivity index (χ2v) is 2.08. The third-order valence-electron chi connectivity index (χ3n) is 1.33. The molecule has 0 saturated carbocycles. The molecule has 1 aromatic rings. The molecule has 0 saturated heterocycles. The largest absolute Gasteiger partial charge is 0.413 e. The Labute approximate surface area is 67.4 Å². The van der Waals surface area contributed by atoms with Gasteiger partial charge in [-0.05, 0) is 26.0 Å². The summed E-state index contributed by atoms with van der Waals surface area (Å²) in [6, 6.07) is 0. The van der Waals surface area contributed by atoms with E-state index in [4.69, 9.17) is 0 Å². The van der Waals surface area contributed by atoms with Crippen molar-refractivity contribution in [2.24, 2.45) is 0 Å². The molecule has 64 valence electrons. The molecular weight excluding hydrogens is 160 g/mol. The van der Waals surface area contributed by atoms with E-state index in [9.17, 15) is 9.59 Å². The van der Waals surface area contributed by atoms with Gasteiger partial charge in [0, 0.05) is 0 Å². The predicted molar refractivity (Wildman–Crippen MR) is 43.0 cm³/mol. The Balaban J connectivity index is 3.84. The summed E-state index contributed by atoms with van der Waals surface area (Å²) in [5, 5.41) is 0. The van der Waals surface area contributed by atoms with Crippen LogP contribution in [0.1, 0.15) is 13.8 Å². The van der Waals surface area contributed by atoms with Gasteiger partial charge in [-0.15, -0.1) is 0 Å². The Morgan fingerprint density at radius 3 is 1.50 bits per heavy atom. The Kier molecular flexibility index (Phi) is 2.28. The standard InChI is InChI=1S/C8H8O4/c1-3-5-7(9)12-6(4-2)8(10)11-5/h3-4H,1-2H3/b5-3-,6-4-. The van der Waals surface area contributed by atoms with Crippen molar-refractivity contribution in [3.05, 3.63) is 31.7 Å². The molecule has 12 heavy (non-hydrogen) atoms. The van der Waals surface area contributed by atoms with E-state index in [-0.39, 0.29) is 10.8 Å². The molecule has 0 N–H and O–H groups in total. The summed E-state index contributed by atoms with van der Waals surface area (Å²) in [5.41, 5.74) is -1.40. The molecule has 0 fully saturated rings. The summed E-state index contributed by atoms with van der Waals surface area (Å²) in [7, 11) is 0. The first-order chi connectivity index (χ1) is 5.69. The molecule has 0 aliphatic rings. The van der Waals surface area contributed by atoms with E-state index in [2.05, 4.69) is 8.83 Å². The Hall–Kier alpha value is -1.58. The van der Waals surface area contributed by atoms with Crippen molar-refractivity contribution in [2.75, 3.05) is 0 Å². The fourth-order valence-electron chi connectivity index (χ4n) is 0.737. The predicted octanol–water partition coefficient (Wildman–Crippen LogP) is -0.806. The molecule has 4 nitrogen and oxygen atoms in total. The zero-order chi connectivity index (χ0) is 9.14. The molecule has 0 unspecified atom stereocenters. The van der Waals surface area contributed by atoms with E-state index < -0.39 is 11.3 Å². The first-order valence-corrected chi connectivity index (χ1v) is 3.46. The molecule has 0 aromatic carbocycles. The number of hydrogen-bond donors (Lipinski definition) is 0. The van der Waals surface area contributed by atoms with Crippen LogP contribution in [0.2, 0.25) is 0 Å². The summed E-state index contributed by atoms with van der Waals surface area (Å²) in [5.74, 6) is 0. The molecule has 0 atom stereocenters. The molecule has 0 aliphatic heterocycles. The average Bonchev–Trinajstić information content (AvgIpc) is 2.08. The van der Waals surface area contributed by atoms with Crippen molar-refractivity contribution in [1.29, 1.82) is 0 Å². The van der Waals surface area contributed by atoms with Gasteiger partial charge >= 0.3 is 11.3 Å². The molecule has 0 spiro atoms. The highest BCUT2D eigenvalue weighted by Crippen LogP contribution is 1.57. The highest BCUT2D eigenvalue weighted by molar-refractivity contribution is 5.12. The van der Waals surface area contributed by atoms with Crippen LogP contribution in [0.5, 0.6) is 0 Å². The zero-order valence-electron chi connectivity index (χ0n) is 6.79. The van der Waals surface area contributed by atoms with E-state index in [1.807, 2.05) is 0 Å². The van der Waals surface area contributed by atoms with Gasteiger partial charge in [0.2, 0.25) is 10.8 Å².